The molecule has 118 valence electrons. The summed E-state index contributed by atoms with van der Waals surface area (Å²) in [6, 6.07) is 2.08. The molecule has 0 saturated carbocycles. The smallest absolute Gasteiger partial charge is 0.242 e. The average molecular weight is 402 g/mol. The summed E-state index contributed by atoms with van der Waals surface area (Å²) in [6.07, 6.45) is -5.07. The topological polar surface area (TPSA) is 12.9 Å². The quantitative estimate of drug-likeness (QED) is 0.486. The van der Waals surface area contributed by atoms with E-state index in [4.69, 9.17) is 0 Å². The Hall–Kier alpha value is -1.10. The molecule has 2 aromatic rings. The van der Waals surface area contributed by atoms with Crippen LogP contribution in [0.4, 0.5) is 32.6 Å². The van der Waals surface area contributed by atoms with Crippen LogP contribution in [0.2, 0.25) is 0 Å². The van der Waals surface area contributed by atoms with Gasteiger partial charge in [-0.2, -0.15) is 13.2 Å². The first-order chi connectivity index (χ1) is 9.09. The van der Waals surface area contributed by atoms with Gasteiger partial charge >= 0.3 is 16.4 Å². The molecule has 0 spiro atoms. The number of rotatable bonds is 1. The maximum Gasteiger partial charge on any atom is 0.433 e. The van der Waals surface area contributed by atoms with Crippen molar-refractivity contribution in [1.82, 2.24) is 4.98 Å². The van der Waals surface area contributed by atoms with E-state index in [9.17, 15) is 32.6 Å². The van der Waals surface area contributed by atoms with Crippen LogP contribution < -0.4 is 0 Å². The van der Waals surface area contributed by atoms with Crippen LogP contribution in [0.1, 0.15) is 5.69 Å². The molecule has 0 aliphatic carbocycles. The molecule has 1 nitrogen and oxygen atoms in total. The van der Waals surface area contributed by atoms with Crippen LogP contribution in [0.15, 0.2) is 33.6 Å². The second kappa shape index (κ2) is 3.80. The van der Waals surface area contributed by atoms with E-state index >= 15 is 0 Å². The summed E-state index contributed by atoms with van der Waals surface area (Å²) in [5.74, 6) is 0. The van der Waals surface area contributed by atoms with Crippen molar-refractivity contribution in [3.8, 4) is 0 Å². The minimum absolute atomic E-state index is 0.0173. The van der Waals surface area contributed by atoms with Gasteiger partial charge in [0, 0.05) is 9.86 Å². The zero-order valence-corrected chi connectivity index (χ0v) is 12.0. The minimum atomic E-state index is -10.2. The van der Waals surface area contributed by atoms with Crippen molar-refractivity contribution in [2.45, 2.75) is 11.1 Å². The molecule has 0 bridgehead atoms. The summed E-state index contributed by atoms with van der Waals surface area (Å²) in [6.45, 7) is 0. The first-order valence-corrected chi connectivity index (χ1v) is 7.74. The zero-order chi connectivity index (χ0) is 16.3. The summed E-state index contributed by atoms with van der Waals surface area (Å²) in [5, 5.41) is -0.492. The Labute approximate surface area is 120 Å². The van der Waals surface area contributed by atoms with Gasteiger partial charge in [0.1, 0.15) is 10.6 Å². The fraction of sp³-hybridized carbons (Fsp3) is 0.100. The summed E-state index contributed by atoms with van der Waals surface area (Å²) in [5.41, 5.74) is -3.14. The fourth-order valence-electron chi connectivity index (χ4n) is 1.64. The molecule has 0 aliphatic heterocycles. The van der Waals surface area contributed by atoms with Gasteiger partial charge < -0.3 is 0 Å². The zero-order valence-electron chi connectivity index (χ0n) is 9.57. The first-order valence-electron chi connectivity index (χ1n) is 5.00. The lowest BCUT2D eigenvalue weighted by molar-refractivity contribution is -0.141. The number of fused-ring (bicyclic) bond motifs is 1. The monoisotopic (exact) mass is 401 g/mol. The maximum absolute atomic E-state index is 12.9. The molecule has 1 aromatic carbocycles. The molecule has 0 atom stereocenters. The van der Waals surface area contributed by atoms with E-state index < -0.39 is 42.4 Å². The molecule has 11 heteroatoms. The molecular weight excluding hydrogens is 398 g/mol. The maximum atomic E-state index is 12.9. The second-order valence-electron chi connectivity index (χ2n) is 4.11. The van der Waals surface area contributed by atoms with Crippen LogP contribution >= 0.6 is 26.2 Å². The molecule has 2 rings (SSSR count). The predicted molar refractivity (Wildman–Crippen MR) is 65.8 cm³/mol. The average Bonchev–Trinajstić information content (AvgIpc) is 2.23. The van der Waals surface area contributed by atoms with Crippen molar-refractivity contribution < 1.29 is 32.6 Å². The highest BCUT2D eigenvalue weighted by Crippen LogP contribution is 3.02. The van der Waals surface area contributed by atoms with Gasteiger partial charge in [-0.25, -0.2) is 4.98 Å². The minimum Gasteiger partial charge on any atom is -0.242 e. The van der Waals surface area contributed by atoms with Crippen molar-refractivity contribution in [3.05, 3.63) is 34.4 Å². The highest BCUT2D eigenvalue weighted by atomic mass is 79.9. The molecule has 1 heterocycles. The van der Waals surface area contributed by atoms with Gasteiger partial charge in [0.2, 0.25) is 0 Å². The van der Waals surface area contributed by atoms with Crippen molar-refractivity contribution >= 4 is 37.1 Å². The Morgan fingerprint density at radius 3 is 2.05 bits per heavy atom. The van der Waals surface area contributed by atoms with Gasteiger partial charge in [-0.15, -0.1) is 0 Å². The van der Waals surface area contributed by atoms with E-state index in [1.807, 2.05) is 0 Å². The number of aromatic nitrogens is 1. The SMILES string of the molecule is FC(F)(F)c1cc(Br)c2cccc(S(F)(F)(F)(F)F)c2n1. The summed E-state index contributed by atoms with van der Waals surface area (Å²) < 4.78 is 102. The Morgan fingerprint density at radius 2 is 1.57 bits per heavy atom. The number of hydrogen-bond acceptors (Lipinski definition) is 1. The van der Waals surface area contributed by atoms with Crippen LogP contribution in [-0.2, 0) is 6.18 Å². The number of hydrogen-bond donors (Lipinski definition) is 0. The number of benzene rings is 1. The third-order valence-corrected chi connectivity index (χ3v) is 4.27. The normalized spacial score (nSPS) is 16.6. The van der Waals surface area contributed by atoms with E-state index in [2.05, 4.69) is 20.9 Å². The predicted octanol–water partition coefficient (Wildman–Crippen LogP) is 6.67. The summed E-state index contributed by atoms with van der Waals surface area (Å²) in [7, 11) is -10.2. The van der Waals surface area contributed by atoms with E-state index in [0.717, 1.165) is 6.07 Å². The number of para-hydroxylation sites is 1. The first kappa shape index (κ1) is 16.3. The molecule has 0 unspecified atom stereocenters. The Morgan fingerprint density at radius 1 is 1.00 bits per heavy atom. The number of pyridine rings is 1. The van der Waals surface area contributed by atoms with Gasteiger partial charge in [0.15, 0.2) is 0 Å². The molecule has 1 aromatic heterocycles. The molecule has 0 fully saturated rings. The molecule has 0 radical (unpaired) electrons. The Bertz CT molecular complexity index is 737. The summed E-state index contributed by atoms with van der Waals surface area (Å²) >= 11 is 2.64. The molecular formula is C10H4BrF8NS. The van der Waals surface area contributed by atoms with Crippen molar-refractivity contribution in [3.63, 3.8) is 0 Å². The molecule has 21 heavy (non-hydrogen) atoms. The van der Waals surface area contributed by atoms with Crippen molar-refractivity contribution in [2.75, 3.05) is 0 Å². The van der Waals surface area contributed by atoms with Crippen LogP contribution in [0, 0.1) is 0 Å². The van der Waals surface area contributed by atoms with Crippen molar-refractivity contribution in [2.24, 2.45) is 0 Å². The lowest BCUT2D eigenvalue weighted by Crippen LogP contribution is -2.11. The second-order valence-corrected chi connectivity index (χ2v) is 7.34. The van der Waals surface area contributed by atoms with Crippen LogP contribution in [-0.4, -0.2) is 4.98 Å². The Kier molecular flexibility index (Phi) is 2.95. The van der Waals surface area contributed by atoms with Crippen LogP contribution in [0.5, 0.6) is 0 Å². The highest BCUT2D eigenvalue weighted by molar-refractivity contribution is 9.10. The highest BCUT2D eigenvalue weighted by Gasteiger charge is 2.66. The van der Waals surface area contributed by atoms with Gasteiger partial charge in [-0.05, 0) is 12.1 Å². The lowest BCUT2D eigenvalue weighted by atomic mass is 10.2. The molecule has 0 aliphatic rings. The van der Waals surface area contributed by atoms with E-state index in [0.29, 0.717) is 12.1 Å². The fourth-order valence-corrected chi connectivity index (χ4v) is 3.03. The number of halogens is 9. The third kappa shape index (κ3) is 3.23. The summed E-state index contributed by atoms with van der Waals surface area (Å²) in [4.78, 5) is 0.294. The van der Waals surface area contributed by atoms with E-state index in [1.165, 1.54) is 0 Å². The van der Waals surface area contributed by atoms with E-state index in [-0.39, 0.29) is 6.07 Å². The standard InChI is InChI=1S/C10H4BrF8NS/c11-6-4-8(10(12,13)14)20-9-5(6)2-1-3-7(9)21(15,16,17,18)19/h1-4H. The van der Waals surface area contributed by atoms with Gasteiger partial charge in [-0.1, -0.05) is 47.5 Å². The number of nitrogens with zero attached hydrogens (tertiary/aromatic N) is 1. The third-order valence-electron chi connectivity index (χ3n) is 2.46. The van der Waals surface area contributed by atoms with E-state index in [1.54, 1.807) is 0 Å². The Balaban J connectivity index is 2.98. The van der Waals surface area contributed by atoms with Crippen LogP contribution in [0.3, 0.4) is 0 Å². The largest absolute Gasteiger partial charge is 0.433 e. The van der Waals surface area contributed by atoms with Gasteiger partial charge in [0.25, 0.3) is 0 Å². The van der Waals surface area contributed by atoms with Gasteiger partial charge in [-0.3, -0.25) is 0 Å². The molecule has 0 saturated heterocycles. The molecule has 0 N–H and O–H groups in total. The number of alkyl halides is 3. The van der Waals surface area contributed by atoms with Crippen molar-refractivity contribution in [1.29, 1.82) is 0 Å². The lowest BCUT2D eigenvalue weighted by Gasteiger charge is -2.40. The molecule has 0 amide bonds. The van der Waals surface area contributed by atoms with Gasteiger partial charge in [0.05, 0.1) is 5.52 Å². The van der Waals surface area contributed by atoms with Crippen LogP contribution in [0.25, 0.3) is 10.9 Å².